The van der Waals surface area contributed by atoms with Gasteiger partial charge in [0.1, 0.15) is 0 Å². The van der Waals surface area contributed by atoms with Crippen molar-refractivity contribution in [1.82, 2.24) is 10.6 Å². The van der Waals surface area contributed by atoms with Crippen LogP contribution in [0.15, 0.2) is 4.99 Å². The maximum absolute atomic E-state index is 10.8. The zero-order chi connectivity index (χ0) is 10.8. The van der Waals surface area contributed by atoms with E-state index in [2.05, 4.69) is 15.6 Å². The molecule has 0 aromatic rings. The number of carbonyl (C=O) groups excluding carboxylic acids is 2. The van der Waals surface area contributed by atoms with Gasteiger partial charge in [0, 0.05) is 6.54 Å². The van der Waals surface area contributed by atoms with E-state index in [1.165, 1.54) is 0 Å². The van der Waals surface area contributed by atoms with Crippen molar-refractivity contribution < 1.29 is 14.7 Å². The van der Waals surface area contributed by atoms with Crippen LogP contribution in [0.1, 0.15) is 19.3 Å². The molecule has 2 rings (SSSR count). The maximum atomic E-state index is 10.8. The standard InChI is InChI=1S/C9H13N3O3/c13-6-2-1-5(3-6)4-10-9-11-7(14)8(15)12-9/h5-6,13H,1-4H2,(H2,10,11,12,14,15). The molecule has 0 bridgehead atoms. The van der Waals surface area contributed by atoms with Gasteiger partial charge in [0.25, 0.3) is 0 Å². The maximum Gasteiger partial charge on any atom is 0.316 e. The Hall–Kier alpha value is -1.43. The van der Waals surface area contributed by atoms with Gasteiger partial charge in [0.15, 0.2) is 0 Å². The highest BCUT2D eigenvalue weighted by atomic mass is 16.3. The Morgan fingerprint density at radius 3 is 2.47 bits per heavy atom. The molecule has 1 aliphatic carbocycles. The average Bonchev–Trinajstić information content (AvgIpc) is 2.72. The quantitative estimate of drug-likeness (QED) is 0.498. The minimum atomic E-state index is -0.666. The number of carbonyl (C=O) groups is 2. The van der Waals surface area contributed by atoms with Crippen molar-refractivity contribution in [3.05, 3.63) is 0 Å². The number of aliphatic imine (C=N–C) groups is 1. The van der Waals surface area contributed by atoms with E-state index in [4.69, 9.17) is 0 Å². The number of amides is 2. The molecule has 1 aliphatic heterocycles. The summed E-state index contributed by atoms with van der Waals surface area (Å²) in [4.78, 5) is 25.7. The predicted octanol–water partition coefficient (Wildman–Crippen LogP) is -1.25. The Kier molecular flexibility index (Phi) is 2.68. The van der Waals surface area contributed by atoms with Crippen LogP contribution in [-0.4, -0.2) is 35.5 Å². The van der Waals surface area contributed by atoms with Crippen LogP contribution in [0.4, 0.5) is 0 Å². The molecule has 2 fully saturated rings. The Labute approximate surface area is 86.8 Å². The average molecular weight is 211 g/mol. The molecule has 6 nitrogen and oxygen atoms in total. The van der Waals surface area contributed by atoms with Gasteiger partial charge < -0.3 is 5.11 Å². The summed E-state index contributed by atoms with van der Waals surface area (Å²) in [5, 5.41) is 13.9. The first kappa shape index (κ1) is 10.1. The summed E-state index contributed by atoms with van der Waals surface area (Å²) in [6, 6.07) is 0. The summed E-state index contributed by atoms with van der Waals surface area (Å²) in [7, 11) is 0. The SMILES string of the molecule is O=C1NC(=NCC2CCC(O)C2)NC1=O. The summed E-state index contributed by atoms with van der Waals surface area (Å²) in [6.45, 7) is 0.535. The lowest BCUT2D eigenvalue weighted by molar-refractivity contribution is -0.135. The lowest BCUT2D eigenvalue weighted by Gasteiger charge is -2.05. The molecule has 0 spiro atoms. The number of aliphatic hydroxyl groups is 1. The number of rotatable bonds is 2. The predicted molar refractivity (Wildman–Crippen MR) is 51.9 cm³/mol. The molecule has 6 heteroatoms. The molecule has 1 heterocycles. The number of nitrogens with one attached hydrogen (secondary N) is 2. The van der Waals surface area contributed by atoms with E-state index in [1.54, 1.807) is 0 Å². The summed E-state index contributed by atoms with van der Waals surface area (Å²) in [6.07, 6.45) is 2.29. The highest BCUT2D eigenvalue weighted by Gasteiger charge is 2.26. The first-order valence-corrected chi connectivity index (χ1v) is 5.00. The zero-order valence-electron chi connectivity index (χ0n) is 8.19. The monoisotopic (exact) mass is 211 g/mol. The minimum Gasteiger partial charge on any atom is -0.393 e. The Morgan fingerprint density at radius 2 is 1.93 bits per heavy atom. The summed E-state index contributed by atoms with van der Waals surface area (Å²) >= 11 is 0. The van der Waals surface area contributed by atoms with Crippen molar-refractivity contribution in [3.63, 3.8) is 0 Å². The third kappa shape index (κ3) is 2.33. The van der Waals surface area contributed by atoms with Gasteiger partial charge in [0.05, 0.1) is 6.10 Å². The zero-order valence-corrected chi connectivity index (χ0v) is 8.19. The topological polar surface area (TPSA) is 90.8 Å². The fourth-order valence-electron chi connectivity index (χ4n) is 1.87. The number of aliphatic hydroxyl groups excluding tert-OH is 1. The van der Waals surface area contributed by atoms with Crippen LogP contribution in [0.25, 0.3) is 0 Å². The molecule has 0 aromatic carbocycles. The Morgan fingerprint density at radius 1 is 1.27 bits per heavy atom. The first-order valence-electron chi connectivity index (χ1n) is 5.00. The highest BCUT2D eigenvalue weighted by Crippen LogP contribution is 2.25. The van der Waals surface area contributed by atoms with Crippen LogP contribution in [0, 0.1) is 5.92 Å². The molecule has 2 unspecified atom stereocenters. The van der Waals surface area contributed by atoms with E-state index in [0.717, 1.165) is 19.3 Å². The highest BCUT2D eigenvalue weighted by molar-refractivity contribution is 6.45. The van der Waals surface area contributed by atoms with Gasteiger partial charge in [-0.15, -0.1) is 0 Å². The van der Waals surface area contributed by atoms with Gasteiger partial charge in [0.2, 0.25) is 5.96 Å². The van der Waals surface area contributed by atoms with E-state index in [0.29, 0.717) is 12.5 Å². The Bertz CT molecular complexity index is 309. The number of nitrogens with zero attached hydrogens (tertiary/aromatic N) is 1. The molecular weight excluding hydrogens is 198 g/mol. The molecule has 2 amide bonds. The van der Waals surface area contributed by atoms with Gasteiger partial charge in [-0.05, 0) is 25.2 Å². The van der Waals surface area contributed by atoms with Crippen molar-refractivity contribution in [2.45, 2.75) is 25.4 Å². The fourth-order valence-corrected chi connectivity index (χ4v) is 1.87. The fraction of sp³-hybridized carbons (Fsp3) is 0.667. The summed E-state index contributed by atoms with van der Waals surface area (Å²) < 4.78 is 0. The second kappa shape index (κ2) is 3.98. The second-order valence-electron chi connectivity index (χ2n) is 3.93. The molecule has 0 aromatic heterocycles. The van der Waals surface area contributed by atoms with E-state index in [-0.39, 0.29) is 12.1 Å². The lowest BCUT2D eigenvalue weighted by atomic mass is 10.1. The van der Waals surface area contributed by atoms with Crippen LogP contribution in [0.5, 0.6) is 0 Å². The lowest BCUT2D eigenvalue weighted by Crippen LogP contribution is -2.26. The minimum absolute atomic E-state index is 0.219. The van der Waals surface area contributed by atoms with Crippen molar-refractivity contribution in [2.75, 3.05) is 6.54 Å². The third-order valence-electron chi connectivity index (χ3n) is 2.69. The molecule has 0 radical (unpaired) electrons. The van der Waals surface area contributed by atoms with Crippen molar-refractivity contribution in [2.24, 2.45) is 10.9 Å². The van der Waals surface area contributed by atoms with Crippen LogP contribution >= 0.6 is 0 Å². The molecular formula is C9H13N3O3. The third-order valence-corrected chi connectivity index (χ3v) is 2.69. The molecule has 1 saturated carbocycles. The van der Waals surface area contributed by atoms with Gasteiger partial charge in [-0.25, -0.2) is 0 Å². The van der Waals surface area contributed by atoms with E-state index >= 15 is 0 Å². The van der Waals surface area contributed by atoms with Crippen LogP contribution in [0.3, 0.4) is 0 Å². The largest absolute Gasteiger partial charge is 0.393 e. The number of guanidine groups is 1. The number of hydrogen-bond acceptors (Lipinski definition) is 4. The molecule has 2 atom stereocenters. The summed E-state index contributed by atoms with van der Waals surface area (Å²) in [5.74, 6) is -0.756. The van der Waals surface area contributed by atoms with E-state index in [1.807, 2.05) is 0 Å². The normalized spacial score (nSPS) is 30.3. The summed E-state index contributed by atoms with van der Waals surface area (Å²) in [5.41, 5.74) is 0. The van der Waals surface area contributed by atoms with E-state index in [9.17, 15) is 14.7 Å². The molecule has 2 aliphatic rings. The second-order valence-corrected chi connectivity index (χ2v) is 3.93. The van der Waals surface area contributed by atoms with Crippen molar-refractivity contribution >= 4 is 17.8 Å². The first-order chi connectivity index (χ1) is 7.15. The molecule has 15 heavy (non-hydrogen) atoms. The van der Waals surface area contributed by atoms with Crippen LogP contribution < -0.4 is 10.6 Å². The van der Waals surface area contributed by atoms with Crippen LogP contribution in [-0.2, 0) is 9.59 Å². The van der Waals surface area contributed by atoms with Gasteiger partial charge in [-0.1, -0.05) is 0 Å². The smallest absolute Gasteiger partial charge is 0.316 e. The van der Waals surface area contributed by atoms with Gasteiger partial charge >= 0.3 is 11.8 Å². The molecule has 3 N–H and O–H groups in total. The van der Waals surface area contributed by atoms with E-state index < -0.39 is 11.8 Å². The van der Waals surface area contributed by atoms with Gasteiger partial charge in [-0.3, -0.25) is 25.2 Å². The molecule has 1 saturated heterocycles. The molecule has 82 valence electrons. The number of hydrogen-bond donors (Lipinski definition) is 3. The van der Waals surface area contributed by atoms with Crippen LogP contribution in [0.2, 0.25) is 0 Å². The van der Waals surface area contributed by atoms with Crippen molar-refractivity contribution in [1.29, 1.82) is 0 Å². The Balaban J connectivity index is 1.85. The van der Waals surface area contributed by atoms with Gasteiger partial charge in [-0.2, -0.15) is 0 Å². The van der Waals surface area contributed by atoms with Crippen molar-refractivity contribution in [3.8, 4) is 0 Å².